The van der Waals surface area contributed by atoms with E-state index >= 15 is 0 Å². The van der Waals surface area contributed by atoms with Crippen molar-refractivity contribution in [3.05, 3.63) is 45.0 Å². The number of hydrogen-bond acceptors (Lipinski definition) is 3. The van der Waals surface area contributed by atoms with Crippen LogP contribution in [0.3, 0.4) is 0 Å². The van der Waals surface area contributed by atoms with Gasteiger partial charge in [0, 0.05) is 6.54 Å². The van der Waals surface area contributed by atoms with E-state index in [0.717, 1.165) is 15.1 Å². The highest BCUT2D eigenvalue weighted by Crippen LogP contribution is 2.20. The van der Waals surface area contributed by atoms with Crippen molar-refractivity contribution in [2.75, 3.05) is 0 Å². The molecule has 2 aromatic heterocycles. The number of hydrogen-bond donors (Lipinski definition) is 2. The van der Waals surface area contributed by atoms with E-state index in [9.17, 15) is 4.79 Å². The monoisotopic (exact) mass is 314 g/mol. The van der Waals surface area contributed by atoms with Gasteiger partial charge in [-0.3, -0.25) is 0 Å². The molecule has 2 N–H and O–H groups in total. The molecule has 17 heavy (non-hydrogen) atoms. The third-order valence-electron chi connectivity index (χ3n) is 2.08. The first kappa shape index (κ1) is 12.2. The van der Waals surface area contributed by atoms with Crippen LogP contribution in [0.5, 0.6) is 0 Å². The summed E-state index contributed by atoms with van der Waals surface area (Å²) in [5.74, 6) is 0.735. The van der Waals surface area contributed by atoms with Gasteiger partial charge < -0.3 is 15.1 Å². The molecule has 6 heteroatoms. The third kappa shape index (κ3) is 3.90. The first-order valence-electron chi connectivity index (χ1n) is 5.01. The van der Waals surface area contributed by atoms with Gasteiger partial charge in [0.05, 0.1) is 16.6 Å². The second-order valence-corrected chi connectivity index (χ2v) is 5.67. The summed E-state index contributed by atoms with van der Waals surface area (Å²) in [4.78, 5) is 11.4. The maximum Gasteiger partial charge on any atom is 0.315 e. The molecule has 0 aliphatic carbocycles. The molecule has 0 fully saturated rings. The molecule has 0 atom stereocenters. The van der Waals surface area contributed by atoms with Crippen LogP contribution in [0, 0.1) is 0 Å². The van der Waals surface area contributed by atoms with Gasteiger partial charge in [-0.15, -0.1) is 11.3 Å². The number of urea groups is 1. The molecule has 0 unspecified atom stereocenters. The molecule has 2 rings (SSSR count). The zero-order chi connectivity index (χ0) is 12.1. The maximum atomic E-state index is 11.4. The Morgan fingerprint density at radius 3 is 2.88 bits per heavy atom. The topological polar surface area (TPSA) is 54.3 Å². The van der Waals surface area contributed by atoms with Crippen molar-refractivity contribution in [3.63, 3.8) is 0 Å². The van der Waals surface area contributed by atoms with Gasteiger partial charge in [-0.25, -0.2) is 4.79 Å². The van der Waals surface area contributed by atoms with Crippen molar-refractivity contribution in [2.45, 2.75) is 13.1 Å². The average molecular weight is 315 g/mol. The molecule has 4 nitrogen and oxygen atoms in total. The normalized spacial score (nSPS) is 10.2. The minimum absolute atomic E-state index is 0.205. The zero-order valence-electron chi connectivity index (χ0n) is 8.90. The van der Waals surface area contributed by atoms with Gasteiger partial charge in [-0.05, 0) is 45.1 Å². The van der Waals surface area contributed by atoms with Crippen molar-refractivity contribution in [3.8, 4) is 0 Å². The van der Waals surface area contributed by atoms with Gasteiger partial charge in [0.2, 0.25) is 0 Å². The molecule has 90 valence electrons. The molecule has 2 amide bonds. The van der Waals surface area contributed by atoms with E-state index in [2.05, 4.69) is 26.6 Å². The predicted octanol–water partition coefficient (Wildman–Crippen LogP) is 3.10. The fraction of sp³-hybridized carbons (Fsp3) is 0.182. The van der Waals surface area contributed by atoms with Crippen LogP contribution in [0.1, 0.15) is 11.3 Å². The molecule has 0 spiro atoms. The SMILES string of the molecule is O=C(NCc1csc(Br)c1)NCc1ccco1. The zero-order valence-corrected chi connectivity index (χ0v) is 11.3. The second kappa shape index (κ2) is 5.88. The molecule has 2 aromatic rings. The molecule has 0 aromatic carbocycles. The highest BCUT2D eigenvalue weighted by atomic mass is 79.9. The molecule has 2 heterocycles. The Hall–Kier alpha value is -1.27. The molecule has 0 bridgehead atoms. The molecule has 0 saturated carbocycles. The highest BCUT2D eigenvalue weighted by Gasteiger charge is 2.03. The lowest BCUT2D eigenvalue weighted by Gasteiger charge is -2.04. The third-order valence-corrected chi connectivity index (χ3v) is 3.63. The number of halogens is 1. The van der Waals surface area contributed by atoms with Crippen LogP contribution < -0.4 is 10.6 Å². The summed E-state index contributed by atoms with van der Waals surface area (Å²) in [6.45, 7) is 0.915. The highest BCUT2D eigenvalue weighted by molar-refractivity contribution is 9.11. The molecule has 0 aliphatic rings. The number of rotatable bonds is 4. The summed E-state index contributed by atoms with van der Waals surface area (Å²) >= 11 is 4.97. The smallest absolute Gasteiger partial charge is 0.315 e. The van der Waals surface area contributed by atoms with Crippen molar-refractivity contribution < 1.29 is 9.21 Å². The fourth-order valence-electron chi connectivity index (χ4n) is 1.26. The quantitative estimate of drug-likeness (QED) is 0.911. The Morgan fingerprint density at radius 2 is 2.24 bits per heavy atom. The predicted molar refractivity (Wildman–Crippen MR) is 69.8 cm³/mol. The lowest BCUT2D eigenvalue weighted by atomic mass is 10.3. The average Bonchev–Trinajstić information content (AvgIpc) is 2.95. The van der Waals surface area contributed by atoms with Gasteiger partial charge >= 0.3 is 6.03 Å². The van der Waals surface area contributed by atoms with Crippen LogP contribution in [-0.2, 0) is 13.1 Å². The molecular formula is C11H11BrN2O2S. The van der Waals surface area contributed by atoms with E-state index < -0.39 is 0 Å². The number of nitrogens with one attached hydrogen (secondary N) is 2. The Balaban J connectivity index is 1.71. The number of thiophene rings is 1. The van der Waals surface area contributed by atoms with E-state index in [-0.39, 0.29) is 6.03 Å². The van der Waals surface area contributed by atoms with Crippen molar-refractivity contribution in [1.29, 1.82) is 0 Å². The number of furan rings is 1. The summed E-state index contributed by atoms with van der Waals surface area (Å²) in [5.41, 5.74) is 1.08. The standard InChI is InChI=1S/C11H11BrN2O2S/c12-10-4-8(7-17-10)5-13-11(15)14-6-9-2-1-3-16-9/h1-4,7H,5-6H2,(H2,13,14,15). The lowest BCUT2D eigenvalue weighted by molar-refractivity contribution is 0.239. The van der Waals surface area contributed by atoms with Gasteiger partial charge in [-0.2, -0.15) is 0 Å². The van der Waals surface area contributed by atoms with E-state index in [4.69, 9.17) is 4.42 Å². The molecule has 0 saturated heterocycles. The largest absolute Gasteiger partial charge is 0.467 e. The number of carbonyl (C=O) groups excluding carboxylic acids is 1. The van der Waals surface area contributed by atoms with Crippen LogP contribution in [-0.4, -0.2) is 6.03 Å². The summed E-state index contributed by atoms with van der Waals surface area (Å²) < 4.78 is 6.16. The minimum Gasteiger partial charge on any atom is -0.467 e. The molecule has 0 aliphatic heterocycles. The van der Waals surface area contributed by atoms with Crippen molar-refractivity contribution >= 4 is 33.3 Å². The van der Waals surface area contributed by atoms with Gasteiger partial charge in [-0.1, -0.05) is 0 Å². The Kier molecular flexibility index (Phi) is 4.22. The van der Waals surface area contributed by atoms with Gasteiger partial charge in [0.15, 0.2) is 0 Å². The second-order valence-electron chi connectivity index (χ2n) is 3.37. The fourth-order valence-corrected chi connectivity index (χ4v) is 2.47. The van der Waals surface area contributed by atoms with E-state index in [1.54, 1.807) is 23.7 Å². The summed E-state index contributed by atoms with van der Waals surface area (Å²) in [6, 6.07) is 5.38. The summed E-state index contributed by atoms with van der Waals surface area (Å²) in [6.07, 6.45) is 1.58. The van der Waals surface area contributed by atoms with Crippen LogP contribution in [0.4, 0.5) is 4.79 Å². The minimum atomic E-state index is -0.205. The Labute approximate surface area is 111 Å². The first-order valence-corrected chi connectivity index (χ1v) is 6.68. The molecular weight excluding hydrogens is 304 g/mol. The molecule has 0 radical (unpaired) electrons. The maximum absolute atomic E-state index is 11.4. The summed E-state index contributed by atoms with van der Waals surface area (Å²) in [7, 11) is 0. The Bertz CT molecular complexity index is 481. The summed E-state index contributed by atoms with van der Waals surface area (Å²) in [5, 5.41) is 7.48. The van der Waals surface area contributed by atoms with Crippen molar-refractivity contribution in [2.24, 2.45) is 0 Å². The van der Waals surface area contributed by atoms with Crippen LogP contribution >= 0.6 is 27.3 Å². The number of carbonyl (C=O) groups is 1. The Morgan fingerprint density at radius 1 is 1.41 bits per heavy atom. The van der Waals surface area contributed by atoms with Gasteiger partial charge in [0.25, 0.3) is 0 Å². The van der Waals surface area contributed by atoms with E-state index in [1.807, 2.05) is 17.5 Å². The lowest BCUT2D eigenvalue weighted by Crippen LogP contribution is -2.34. The van der Waals surface area contributed by atoms with E-state index in [1.165, 1.54) is 0 Å². The van der Waals surface area contributed by atoms with Gasteiger partial charge in [0.1, 0.15) is 5.76 Å². The van der Waals surface area contributed by atoms with Crippen LogP contribution in [0.15, 0.2) is 38.0 Å². The number of amides is 2. The van der Waals surface area contributed by atoms with E-state index in [0.29, 0.717) is 13.1 Å². The first-order chi connectivity index (χ1) is 8.24. The van der Waals surface area contributed by atoms with Crippen molar-refractivity contribution in [1.82, 2.24) is 10.6 Å². The van der Waals surface area contributed by atoms with Crippen LogP contribution in [0.2, 0.25) is 0 Å². The van der Waals surface area contributed by atoms with Crippen LogP contribution in [0.25, 0.3) is 0 Å².